The van der Waals surface area contributed by atoms with Crippen LogP contribution in [-0.4, -0.2) is 23.9 Å². The van der Waals surface area contributed by atoms with E-state index in [1.807, 2.05) is 19.1 Å². The SMILES string of the molecule is CCC(CC)Oc1ccc([C@H]2CC[C@@H](Oc3ccc4cc([C@@](C)(N)CO)ccc4c3)CC2)cc1. The maximum atomic E-state index is 9.55. The molecular formula is C30H39NO3. The van der Waals surface area contributed by atoms with Gasteiger partial charge in [-0.05, 0) is 104 Å². The third kappa shape index (κ3) is 5.73. The van der Waals surface area contributed by atoms with E-state index in [1.165, 1.54) is 5.56 Å². The smallest absolute Gasteiger partial charge is 0.120 e. The summed E-state index contributed by atoms with van der Waals surface area (Å²) in [7, 11) is 0. The maximum Gasteiger partial charge on any atom is 0.120 e. The lowest BCUT2D eigenvalue weighted by Gasteiger charge is -2.29. The molecule has 4 rings (SSSR count). The fraction of sp³-hybridized carbons (Fsp3) is 0.467. The second-order valence-electron chi connectivity index (χ2n) is 10.0. The molecule has 34 heavy (non-hydrogen) atoms. The van der Waals surface area contributed by atoms with Crippen molar-refractivity contribution in [1.29, 1.82) is 0 Å². The topological polar surface area (TPSA) is 64.7 Å². The van der Waals surface area contributed by atoms with Crippen molar-refractivity contribution in [2.24, 2.45) is 5.73 Å². The van der Waals surface area contributed by atoms with Crippen LogP contribution in [0.4, 0.5) is 0 Å². The van der Waals surface area contributed by atoms with Gasteiger partial charge in [-0.1, -0.05) is 44.2 Å². The lowest BCUT2D eigenvalue weighted by Crippen LogP contribution is -2.36. The number of fused-ring (bicyclic) bond motifs is 1. The first-order valence-electron chi connectivity index (χ1n) is 12.8. The Morgan fingerprint density at radius 2 is 1.50 bits per heavy atom. The first-order chi connectivity index (χ1) is 16.4. The summed E-state index contributed by atoms with van der Waals surface area (Å²) < 4.78 is 12.4. The predicted molar refractivity (Wildman–Crippen MR) is 140 cm³/mol. The van der Waals surface area contributed by atoms with Crippen molar-refractivity contribution in [3.8, 4) is 11.5 Å². The number of rotatable bonds is 9. The molecular weight excluding hydrogens is 422 g/mol. The highest BCUT2D eigenvalue weighted by Crippen LogP contribution is 2.36. The summed E-state index contributed by atoms with van der Waals surface area (Å²) in [4.78, 5) is 0. The fourth-order valence-corrected chi connectivity index (χ4v) is 4.92. The van der Waals surface area contributed by atoms with E-state index in [9.17, 15) is 5.11 Å². The Morgan fingerprint density at radius 3 is 2.15 bits per heavy atom. The standard InChI is InChI=1S/C30H39NO3/c1-4-26(5-2)33-27-13-7-21(8-14-27)22-9-15-28(16-10-22)34-29-17-11-23-18-25(30(3,31)20-32)12-6-24(23)19-29/h6-8,11-14,17-19,22,26,28,32H,4-5,9-10,15-16,20,31H2,1-3H3/t22-,28+,30-/m0/s1. The Kier molecular flexibility index (Phi) is 7.80. The van der Waals surface area contributed by atoms with E-state index in [0.29, 0.717) is 12.0 Å². The second-order valence-corrected chi connectivity index (χ2v) is 10.0. The van der Waals surface area contributed by atoms with Gasteiger partial charge in [0.2, 0.25) is 0 Å². The minimum absolute atomic E-state index is 0.0848. The van der Waals surface area contributed by atoms with Gasteiger partial charge in [-0.15, -0.1) is 0 Å². The molecule has 1 saturated carbocycles. The minimum Gasteiger partial charge on any atom is -0.490 e. The van der Waals surface area contributed by atoms with Crippen molar-refractivity contribution >= 4 is 10.8 Å². The number of nitrogens with two attached hydrogens (primary N) is 1. The molecule has 0 spiro atoms. The molecule has 0 heterocycles. The average Bonchev–Trinajstić information content (AvgIpc) is 2.87. The number of hydrogen-bond acceptors (Lipinski definition) is 4. The summed E-state index contributed by atoms with van der Waals surface area (Å²) in [5.74, 6) is 2.49. The quantitative estimate of drug-likeness (QED) is 0.373. The summed E-state index contributed by atoms with van der Waals surface area (Å²) in [5.41, 5.74) is 7.80. The number of aliphatic hydroxyl groups is 1. The van der Waals surface area contributed by atoms with E-state index < -0.39 is 5.54 Å². The monoisotopic (exact) mass is 461 g/mol. The minimum atomic E-state index is -0.733. The average molecular weight is 462 g/mol. The van der Waals surface area contributed by atoms with Crippen LogP contribution in [0, 0.1) is 0 Å². The molecule has 3 aromatic carbocycles. The van der Waals surface area contributed by atoms with E-state index in [4.69, 9.17) is 15.2 Å². The van der Waals surface area contributed by atoms with Crippen molar-refractivity contribution in [2.75, 3.05) is 6.61 Å². The van der Waals surface area contributed by atoms with Crippen LogP contribution in [0.1, 0.15) is 76.3 Å². The Labute approximate surface area is 204 Å². The van der Waals surface area contributed by atoms with Gasteiger partial charge in [0, 0.05) is 0 Å². The maximum absolute atomic E-state index is 9.55. The van der Waals surface area contributed by atoms with E-state index in [1.54, 1.807) is 0 Å². The zero-order valence-electron chi connectivity index (χ0n) is 20.8. The molecule has 1 fully saturated rings. The van der Waals surface area contributed by atoms with Gasteiger partial charge in [-0.3, -0.25) is 0 Å². The molecule has 4 nitrogen and oxygen atoms in total. The Bertz CT molecular complexity index is 1060. The van der Waals surface area contributed by atoms with Gasteiger partial charge in [0.05, 0.1) is 24.4 Å². The molecule has 0 saturated heterocycles. The number of aliphatic hydroxyl groups excluding tert-OH is 1. The van der Waals surface area contributed by atoms with Crippen molar-refractivity contribution in [1.82, 2.24) is 0 Å². The zero-order chi connectivity index (χ0) is 24.1. The van der Waals surface area contributed by atoms with Crippen LogP contribution < -0.4 is 15.2 Å². The van der Waals surface area contributed by atoms with E-state index in [2.05, 4.69) is 62.4 Å². The van der Waals surface area contributed by atoms with Crippen molar-refractivity contribution in [2.45, 2.75) is 83.0 Å². The Morgan fingerprint density at radius 1 is 0.882 bits per heavy atom. The van der Waals surface area contributed by atoms with Gasteiger partial charge in [0.25, 0.3) is 0 Å². The first kappa shape index (κ1) is 24.6. The Hall–Kier alpha value is -2.56. The molecule has 1 atom stereocenters. The number of benzene rings is 3. The van der Waals surface area contributed by atoms with Gasteiger partial charge < -0.3 is 20.3 Å². The molecule has 182 valence electrons. The third-order valence-electron chi connectivity index (χ3n) is 7.34. The van der Waals surface area contributed by atoms with Crippen LogP contribution in [-0.2, 0) is 5.54 Å². The zero-order valence-corrected chi connectivity index (χ0v) is 20.8. The van der Waals surface area contributed by atoms with Crippen LogP contribution in [0.5, 0.6) is 11.5 Å². The second kappa shape index (κ2) is 10.8. The predicted octanol–water partition coefficient (Wildman–Crippen LogP) is 6.68. The van der Waals surface area contributed by atoms with Crippen LogP contribution in [0.2, 0.25) is 0 Å². The highest BCUT2D eigenvalue weighted by molar-refractivity contribution is 5.84. The molecule has 3 N–H and O–H groups in total. The number of ether oxygens (including phenoxy) is 2. The van der Waals surface area contributed by atoms with E-state index >= 15 is 0 Å². The van der Waals surface area contributed by atoms with Crippen molar-refractivity contribution in [3.63, 3.8) is 0 Å². The molecule has 0 amide bonds. The van der Waals surface area contributed by atoms with Crippen LogP contribution >= 0.6 is 0 Å². The lowest BCUT2D eigenvalue weighted by atomic mass is 9.82. The first-order valence-corrected chi connectivity index (χ1v) is 12.8. The largest absolute Gasteiger partial charge is 0.490 e. The molecule has 0 unspecified atom stereocenters. The van der Waals surface area contributed by atoms with Gasteiger partial charge in [-0.25, -0.2) is 0 Å². The van der Waals surface area contributed by atoms with Crippen molar-refractivity contribution in [3.05, 3.63) is 71.8 Å². The molecule has 0 bridgehead atoms. The summed E-state index contributed by atoms with van der Waals surface area (Å²) in [6.45, 7) is 6.11. The molecule has 1 aliphatic carbocycles. The van der Waals surface area contributed by atoms with Gasteiger partial charge in [-0.2, -0.15) is 0 Å². The highest BCUT2D eigenvalue weighted by Gasteiger charge is 2.24. The summed E-state index contributed by atoms with van der Waals surface area (Å²) in [5, 5.41) is 11.8. The molecule has 0 aromatic heterocycles. The fourth-order valence-electron chi connectivity index (χ4n) is 4.92. The van der Waals surface area contributed by atoms with Crippen LogP contribution in [0.3, 0.4) is 0 Å². The normalized spacial score (nSPS) is 20.3. The van der Waals surface area contributed by atoms with E-state index in [0.717, 1.165) is 66.4 Å². The van der Waals surface area contributed by atoms with Gasteiger partial charge in [0.15, 0.2) is 0 Å². The summed E-state index contributed by atoms with van der Waals surface area (Å²) in [6.07, 6.45) is 7.05. The molecule has 1 aliphatic rings. The van der Waals surface area contributed by atoms with E-state index in [-0.39, 0.29) is 12.7 Å². The molecule has 3 aromatic rings. The van der Waals surface area contributed by atoms with Crippen LogP contribution in [0.25, 0.3) is 10.8 Å². The molecule has 4 heteroatoms. The molecule has 0 radical (unpaired) electrons. The molecule has 0 aliphatic heterocycles. The summed E-state index contributed by atoms with van der Waals surface area (Å²) >= 11 is 0. The Balaban J connectivity index is 1.33. The number of hydrogen-bond donors (Lipinski definition) is 2. The third-order valence-corrected chi connectivity index (χ3v) is 7.34. The highest BCUT2D eigenvalue weighted by atomic mass is 16.5. The van der Waals surface area contributed by atoms with Gasteiger partial charge in [0.1, 0.15) is 11.5 Å². The summed E-state index contributed by atoms with van der Waals surface area (Å²) in [6, 6.07) is 21.1. The van der Waals surface area contributed by atoms with Gasteiger partial charge >= 0.3 is 0 Å². The lowest BCUT2D eigenvalue weighted by molar-refractivity contribution is 0.146. The van der Waals surface area contributed by atoms with Crippen LogP contribution in [0.15, 0.2) is 60.7 Å². The van der Waals surface area contributed by atoms with Crippen molar-refractivity contribution < 1.29 is 14.6 Å².